The number of nitriles is 1. The van der Waals surface area contributed by atoms with Crippen molar-refractivity contribution in [1.82, 2.24) is 4.57 Å². The number of hydrogen-bond acceptors (Lipinski definition) is 6. The van der Waals surface area contributed by atoms with Crippen LogP contribution in [0.25, 0.3) is 5.69 Å². The Kier molecular flexibility index (Phi) is 3.73. The predicted octanol–water partition coefficient (Wildman–Crippen LogP) is 1.12. The lowest BCUT2D eigenvalue weighted by Gasteiger charge is -2.10. The van der Waals surface area contributed by atoms with Crippen molar-refractivity contribution in [3.8, 4) is 17.5 Å². The van der Waals surface area contributed by atoms with Crippen LogP contribution in [0.2, 0.25) is 0 Å². The maximum Gasteiger partial charge on any atom is 0.357 e. The number of carboxylic acids is 1. The van der Waals surface area contributed by atoms with Gasteiger partial charge in [0.05, 0.1) is 29.6 Å². The van der Waals surface area contributed by atoms with Crippen LogP contribution in [0.3, 0.4) is 0 Å². The number of ether oxygens (including phenoxy) is 1. The summed E-state index contributed by atoms with van der Waals surface area (Å²) in [5, 5.41) is 27.9. The first-order valence-electron chi connectivity index (χ1n) is 5.96. The molecule has 2 rings (SSSR count). The van der Waals surface area contributed by atoms with Crippen molar-refractivity contribution in [3.05, 3.63) is 41.2 Å². The van der Waals surface area contributed by atoms with Gasteiger partial charge in [-0.05, 0) is 18.2 Å². The van der Waals surface area contributed by atoms with Crippen molar-refractivity contribution in [2.24, 2.45) is 0 Å². The van der Waals surface area contributed by atoms with Gasteiger partial charge in [-0.3, -0.25) is 0 Å². The number of benzene rings is 1. The van der Waals surface area contributed by atoms with E-state index in [4.69, 9.17) is 16.1 Å². The van der Waals surface area contributed by atoms with E-state index >= 15 is 0 Å². The molecule has 4 N–H and O–H groups in total. The molecule has 1 heterocycles. The fourth-order valence-corrected chi connectivity index (χ4v) is 1.96. The Hall–Kier alpha value is -3.47. The zero-order chi connectivity index (χ0) is 16.4. The Morgan fingerprint density at radius 3 is 2.59 bits per heavy atom. The molecule has 0 fully saturated rings. The van der Waals surface area contributed by atoms with Crippen LogP contribution in [-0.2, 0) is 4.74 Å². The summed E-state index contributed by atoms with van der Waals surface area (Å²) >= 11 is 0. The van der Waals surface area contributed by atoms with Gasteiger partial charge in [-0.1, -0.05) is 0 Å². The van der Waals surface area contributed by atoms with Crippen LogP contribution in [0.4, 0.5) is 5.69 Å². The van der Waals surface area contributed by atoms with Crippen molar-refractivity contribution in [2.45, 2.75) is 0 Å². The average molecular weight is 301 g/mol. The molecule has 112 valence electrons. The number of methoxy groups -OCH3 is 1. The van der Waals surface area contributed by atoms with E-state index < -0.39 is 11.9 Å². The highest BCUT2D eigenvalue weighted by Crippen LogP contribution is 2.30. The lowest BCUT2D eigenvalue weighted by molar-refractivity contribution is 0.0592. The number of phenolic OH excluding ortho intramolecular Hbond substituents is 1. The lowest BCUT2D eigenvalue weighted by atomic mass is 10.2. The van der Waals surface area contributed by atoms with Crippen LogP contribution in [0.1, 0.15) is 26.4 Å². The van der Waals surface area contributed by atoms with Gasteiger partial charge in [0.1, 0.15) is 11.8 Å². The molecule has 0 aliphatic carbocycles. The Bertz CT molecular complexity index is 817. The summed E-state index contributed by atoms with van der Waals surface area (Å²) in [5.74, 6) is -2.38. The number of carbonyl (C=O) groups excluding carboxylic acids is 1. The van der Waals surface area contributed by atoms with Crippen LogP contribution in [0.15, 0.2) is 24.4 Å². The fourth-order valence-electron chi connectivity index (χ4n) is 1.96. The van der Waals surface area contributed by atoms with E-state index in [1.54, 1.807) is 0 Å². The van der Waals surface area contributed by atoms with Gasteiger partial charge in [-0.2, -0.15) is 5.26 Å². The molecule has 0 bridgehead atoms. The predicted molar refractivity (Wildman–Crippen MR) is 74.9 cm³/mol. The number of anilines is 1. The number of esters is 1. The van der Waals surface area contributed by atoms with Crippen LogP contribution in [0.5, 0.6) is 5.75 Å². The van der Waals surface area contributed by atoms with E-state index in [1.165, 1.54) is 22.9 Å². The van der Waals surface area contributed by atoms with E-state index in [-0.39, 0.29) is 33.9 Å². The number of phenols is 1. The third kappa shape index (κ3) is 2.31. The molecule has 1 aromatic heterocycles. The second kappa shape index (κ2) is 5.49. The van der Waals surface area contributed by atoms with Crippen molar-refractivity contribution in [2.75, 3.05) is 12.8 Å². The van der Waals surface area contributed by atoms with E-state index in [1.807, 2.05) is 6.07 Å². The van der Waals surface area contributed by atoms with Gasteiger partial charge < -0.3 is 25.3 Å². The molecule has 0 saturated heterocycles. The molecule has 8 nitrogen and oxygen atoms in total. The highest BCUT2D eigenvalue weighted by molar-refractivity contribution is 5.96. The third-order valence-corrected chi connectivity index (χ3v) is 3.03. The summed E-state index contributed by atoms with van der Waals surface area (Å²) in [4.78, 5) is 22.7. The summed E-state index contributed by atoms with van der Waals surface area (Å²) in [6, 6.07) is 5.40. The number of aromatic nitrogens is 1. The molecule has 1 aromatic carbocycles. The zero-order valence-electron chi connectivity index (χ0n) is 11.4. The maximum atomic E-state index is 11.8. The number of rotatable bonds is 3. The number of aromatic hydroxyl groups is 1. The number of carboxylic acid groups (broad SMARTS) is 1. The van der Waals surface area contributed by atoms with Crippen LogP contribution < -0.4 is 5.73 Å². The molecule has 0 aliphatic rings. The van der Waals surface area contributed by atoms with Gasteiger partial charge in [-0.25, -0.2) is 9.59 Å². The number of nitrogens with two attached hydrogens (primary N) is 1. The van der Waals surface area contributed by atoms with Crippen molar-refractivity contribution < 1.29 is 24.5 Å². The quantitative estimate of drug-likeness (QED) is 0.722. The summed E-state index contributed by atoms with van der Waals surface area (Å²) in [7, 11) is 1.15. The zero-order valence-corrected chi connectivity index (χ0v) is 11.4. The number of carbonyl (C=O) groups is 2. The summed E-state index contributed by atoms with van der Waals surface area (Å²) < 4.78 is 5.80. The number of nitrogen functional groups attached to an aromatic ring is 1. The fraction of sp³-hybridized carbons (Fsp3) is 0.0714. The number of nitrogens with zero attached hydrogens (tertiary/aromatic N) is 2. The van der Waals surface area contributed by atoms with Gasteiger partial charge in [0.2, 0.25) is 0 Å². The van der Waals surface area contributed by atoms with E-state index in [0.717, 1.165) is 13.2 Å². The molecule has 22 heavy (non-hydrogen) atoms. The second-order valence-corrected chi connectivity index (χ2v) is 4.29. The van der Waals surface area contributed by atoms with E-state index in [2.05, 4.69) is 4.74 Å². The van der Waals surface area contributed by atoms with Crippen molar-refractivity contribution in [3.63, 3.8) is 0 Å². The average Bonchev–Trinajstić information content (AvgIpc) is 2.82. The molecule has 2 aromatic rings. The van der Waals surface area contributed by atoms with Gasteiger partial charge in [0, 0.05) is 6.20 Å². The van der Waals surface area contributed by atoms with Gasteiger partial charge in [0.25, 0.3) is 0 Å². The summed E-state index contributed by atoms with van der Waals surface area (Å²) in [6.07, 6.45) is 1.26. The normalized spacial score (nSPS) is 10.0. The first-order valence-corrected chi connectivity index (χ1v) is 5.96. The van der Waals surface area contributed by atoms with Gasteiger partial charge in [-0.15, -0.1) is 0 Å². The Morgan fingerprint density at radius 2 is 2.09 bits per heavy atom. The van der Waals surface area contributed by atoms with Gasteiger partial charge >= 0.3 is 11.9 Å². The van der Waals surface area contributed by atoms with Crippen LogP contribution in [0, 0.1) is 11.3 Å². The molecule has 0 atom stereocenters. The molecular weight excluding hydrogens is 290 g/mol. The summed E-state index contributed by atoms with van der Waals surface area (Å²) in [6.45, 7) is 0. The summed E-state index contributed by atoms with van der Waals surface area (Å²) in [5.41, 5.74) is 5.52. The first-order chi connectivity index (χ1) is 10.4. The Labute approximate surface area is 124 Å². The minimum Gasteiger partial charge on any atom is -0.506 e. The number of hydrogen-bond donors (Lipinski definition) is 3. The number of aromatic carboxylic acids is 1. The SMILES string of the molecule is COC(=O)c1c(N)c(C#N)cn1-c1ccc(C(=O)O)cc1O. The van der Waals surface area contributed by atoms with Crippen molar-refractivity contribution in [1.29, 1.82) is 5.26 Å². The highest BCUT2D eigenvalue weighted by atomic mass is 16.5. The maximum absolute atomic E-state index is 11.8. The minimum absolute atomic E-state index is 0.0297. The molecule has 8 heteroatoms. The van der Waals surface area contributed by atoms with Crippen LogP contribution >= 0.6 is 0 Å². The monoisotopic (exact) mass is 301 g/mol. The Morgan fingerprint density at radius 1 is 1.41 bits per heavy atom. The largest absolute Gasteiger partial charge is 0.506 e. The van der Waals surface area contributed by atoms with E-state index in [0.29, 0.717) is 0 Å². The molecule has 0 saturated carbocycles. The molecule has 0 aliphatic heterocycles. The first kappa shape index (κ1) is 14.9. The van der Waals surface area contributed by atoms with Crippen molar-refractivity contribution >= 4 is 17.6 Å². The highest BCUT2D eigenvalue weighted by Gasteiger charge is 2.23. The molecule has 0 amide bonds. The molecule has 0 spiro atoms. The topological polar surface area (TPSA) is 139 Å². The van der Waals surface area contributed by atoms with E-state index in [9.17, 15) is 14.7 Å². The Balaban J connectivity index is 2.70. The minimum atomic E-state index is -1.21. The standard InChI is InChI=1S/C14H11N3O5/c1-22-14(21)12-11(16)8(5-15)6-17(12)9-3-2-7(13(19)20)4-10(9)18/h2-4,6,18H,16H2,1H3,(H,19,20). The third-order valence-electron chi connectivity index (χ3n) is 3.03. The molecule has 0 radical (unpaired) electrons. The van der Waals surface area contributed by atoms with Crippen LogP contribution in [-0.4, -0.2) is 33.8 Å². The molecule has 0 unspecified atom stereocenters. The second-order valence-electron chi connectivity index (χ2n) is 4.29. The molecular formula is C14H11N3O5. The van der Waals surface area contributed by atoms with Gasteiger partial charge in [0.15, 0.2) is 5.69 Å². The smallest absolute Gasteiger partial charge is 0.357 e. The lowest BCUT2D eigenvalue weighted by Crippen LogP contribution is -2.11.